The molecule has 1 unspecified atom stereocenters. The average molecular weight is 206 g/mol. The van der Waals surface area contributed by atoms with Gasteiger partial charge in [-0.15, -0.1) is 11.3 Å². The molecule has 0 saturated heterocycles. The Morgan fingerprint density at radius 3 is 2.93 bits per heavy atom. The van der Waals surface area contributed by atoms with Gasteiger partial charge in [0, 0.05) is 17.1 Å². The third-order valence-electron chi connectivity index (χ3n) is 2.26. The monoisotopic (exact) mass is 206 g/mol. The summed E-state index contributed by atoms with van der Waals surface area (Å²) in [5.74, 6) is 1.08. The molecule has 0 fully saturated rings. The fourth-order valence-corrected chi connectivity index (χ4v) is 2.45. The molecule has 72 valence electrons. The standard InChI is InChI=1S/C9H10N4S/c1-5-3-7-11-8(13(7)12-5)9-10-6(2)4-14-9/h3-4,8,11H,1-2H3. The zero-order chi connectivity index (χ0) is 9.71. The zero-order valence-electron chi connectivity index (χ0n) is 7.98. The molecule has 1 N–H and O–H groups in total. The van der Waals surface area contributed by atoms with Crippen LogP contribution in [0.2, 0.25) is 0 Å². The van der Waals surface area contributed by atoms with E-state index < -0.39 is 0 Å². The number of anilines is 1. The van der Waals surface area contributed by atoms with Crippen molar-refractivity contribution in [2.24, 2.45) is 0 Å². The molecule has 3 rings (SSSR count). The van der Waals surface area contributed by atoms with E-state index in [0.717, 1.165) is 22.2 Å². The topological polar surface area (TPSA) is 42.7 Å². The lowest BCUT2D eigenvalue weighted by Gasteiger charge is -2.28. The molecule has 5 heteroatoms. The molecule has 1 aliphatic heterocycles. The number of hydrogen-bond acceptors (Lipinski definition) is 4. The van der Waals surface area contributed by atoms with Gasteiger partial charge in [-0.1, -0.05) is 0 Å². The molecule has 0 amide bonds. The fourth-order valence-electron chi connectivity index (χ4n) is 1.62. The highest BCUT2D eigenvalue weighted by molar-refractivity contribution is 7.09. The van der Waals surface area contributed by atoms with E-state index in [-0.39, 0.29) is 6.17 Å². The Balaban J connectivity index is 1.98. The van der Waals surface area contributed by atoms with Crippen molar-refractivity contribution >= 4 is 17.2 Å². The highest BCUT2D eigenvalue weighted by Gasteiger charge is 2.29. The number of nitrogens with zero attached hydrogens (tertiary/aromatic N) is 3. The molecule has 1 aliphatic rings. The van der Waals surface area contributed by atoms with Crippen molar-refractivity contribution in [1.82, 2.24) is 14.8 Å². The van der Waals surface area contributed by atoms with Crippen LogP contribution < -0.4 is 5.32 Å². The van der Waals surface area contributed by atoms with Crippen molar-refractivity contribution < 1.29 is 0 Å². The van der Waals surface area contributed by atoms with Gasteiger partial charge in [0.15, 0.2) is 6.17 Å². The summed E-state index contributed by atoms with van der Waals surface area (Å²) in [6.07, 6.45) is 0.150. The van der Waals surface area contributed by atoms with Crippen molar-refractivity contribution in [3.05, 3.63) is 27.8 Å². The molecule has 14 heavy (non-hydrogen) atoms. The lowest BCUT2D eigenvalue weighted by Crippen LogP contribution is -2.31. The van der Waals surface area contributed by atoms with Crippen molar-refractivity contribution in [3.63, 3.8) is 0 Å². The number of aryl methyl sites for hydroxylation is 2. The number of nitrogens with one attached hydrogen (secondary N) is 1. The van der Waals surface area contributed by atoms with Crippen LogP contribution >= 0.6 is 11.3 Å². The van der Waals surface area contributed by atoms with Gasteiger partial charge in [0.05, 0.1) is 5.69 Å². The van der Waals surface area contributed by atoms with E-state index in [9.17, 15) is 0 Å². The number of hydrogen-bond donors (Lipinski definition) is 1. The quantitative estimate of drug-likeness (QED) is 0.775. The molecule has 0 radical (unpaired) electrons. The second-order valence-corrected chi connectivity index (χ2v) is 4.38. The van der Waals surface area contributed by atoms with E-state index in [1.54, 1.807) is 11.3 Å². The maximum Gasteiger partial charge on any atom is 0.176 e. The lowest BCUT2D eigenvalue weighted by molar-refractivity contribution is 0.508. The van der Waals surface area contributed by atoms with Crippen LogP contribution in [0.25, 0.3) is 0 Å². The summed E-state index contributed by atoms with van der Waals surface area (Å²) < 4.78 is 1.98. The number of thiazole rings is 1. The summed E-state index contributed by atoms with van der Waals surface area (Å²) in [5, 5.41) is 10.8. The summed E-state index contributed by atoms with van der Waals surface area (Å²) in [6.45, 7) is 4.01. The van der Waals surface area contributed by atoms with Gasteiger partial charge in [0.2, 0.25) is 0 Å². The van der Waals surface area contributed by atoms with Crippen LogP contribution in [0.4, 0.5) is 5.82 Å². The molecular formula is C9H10N4S. The van der Waals surface area contributed by atoms with Gasteiger partial charge in [-0.05, 0) is 13.8 Å². The Labute approximate surface area is 85.6 Å². The Morgan fingerprint density at radius 1 is 1.43 bits per heavy atom. The minimum atomic E-state index is 0.150. The summed E-state index contributed by atoms with van der Waals surface area (Å²) in [7, 11) is 0. The van der Waals surface area contributed by atoms with E-state index in [1.807, 2.05) is 24.6 Å². The number of fused-ring (bicyclic) bond motifs is 1. The first kappa shape index (κ1) is 7.99. The molecule has 3 heterocycles. The first-order valence-corrected chi connectivity index (χ1v) is 5.37. The highest BCUT2D eigenvalue weighted by Crippen LogP contribution is 2.34. The predicted octanol–water partition coefficient (Wildman–Crippen LogP) is 1.93. The molecule has 2 aromatic heterocycles. The summed E-state index contributed by atoms with van der Waals surface area (Å²) in [4.78, 5) is 4.44. The van der Waals surface area contributed by atoms with Gasteiger partial charge in [0.1, 0.15) is 10.8 Å². The van der Waals surface area contributed by atoms with Gasteiger partial charge in [-0.2, -0.15) is 5.10 Å². The van der Waals surface area contributed by atoms with Crippen molar-refractivity contribution in [3.8, 4) is 0 Å². The van der Waals surface area contributed by atoms with Gasteiger partial charge in [-0.25, -0.2) is 9.67 Å². The van der Waals surface area contributed by atoms with Gasteiger partial charge < -0.3 is 5.32 Å². The summed E-state index contributed by atoms with van der Waals surface area (Å²) in [6, 6.07) is 2.04. The molecule has 0 bridgehead atoms. The van der Waals surface area contributed by atoms with Crippen LogP contribution in [-0.2, 0) is 0 Å². The maximum atomic E-state index is 4.44. The smallest absolute Gasteiger partial charge is 0.176 e. The van der Waals surface area contributed by atoms with Crippen molar-refractivity contribution in [2.75, 3.05) is 5.32 Å². The second kappa shape index (κ2) is 2.57. The van der Waals surface area contributed by atoms with E-state index in [1.165, 1.54) is 0 Å². The van der Waals surface area contributed by atoms with Crippen LogP contribution in [0.1, 0.15) is 22.6 Å². The van der Waals surface area contributed by atoms with Gasteiger partial charge in [0.25, 0.3) is 0 Å². The van der Waals surface area contributed by atoms with E-state index in [0.29, 0.717) is 0 Å². The Kier molecular flexibility index (Phi) is 1.47. The van der Waals surface area contributed by atoms with Crippen LogP contribution in [0, 0.1) is 13.8 Å². The van der Waals surface area contributed by atoms with Crippen LogP contribution in [0.5, 0.6) is 0 Å². The van der Waals surface area contributed by atoms with Crippen molar-refractivity contribution in [1.29, 1.82) is 0 Å². The fraction of sp³-hybridized carbons (Fsp3) is 0.333. The minimum absolute atomic E-state index is 0.150. The molecule has 1 atom stereocenters. The molecule has 0 aliphatic carbocycles. The molecular weight excluding hydrogens is 196 g/mol. The molecule has 4 nitrogen and oxygen atoms in total. The van der Waals surface area contributed by atoms with Crippen LogP contribution in [0.3, 0.4) is 0 Å². The molecule has 2 aromatic rings. The first-order chi connectivity index (χ1) is 6.74. The molecule has 0 saturated carbocycles. The predicted molar refractivity (Wildman–Crippen MR) is 55.6 cm³/mol. The number of aromatic nitrogens is 3. The molecule has 0 aromatic carbocycles. The first-order valence-electron chi connectivity index (χ1n) is 4.49. The van der Waals surface area contributed by atoms with Crippen LogP contribution in [0.15, 0.2) is 11.4 Å². The Bertz CT molecular complexity index is 485. The Hall–Kier alpha value is -1.36. The lowest BCUT2D eigenvalue weighted by atomic mass is 10.3. The average Bonchev–Trinajstić information content (AvgIpc) is 2.64. The maximum absolute atomic E-state index is 4.44. The highest BCUT2D eigenvalue weighted by atomic mass is 32.1. The normalized spacial score (nSPS) is 18.6. The van der Waals surface area contributed by atoms with Crippen LogP contribution in [-0.4, -0.2) is 14.8 Å². The second-order valence-electron chi connectivity index (χ2n) is 3.49. The third kappa shape index (κ3) is 0.988. The summed E-state index contributed by atoms with van der Waals surface area (Å²) in [5.41, 5.74) is 2.12. The van der Waals surface area contributed by atoms with Gasteiger partial charge >= 0.3 is 0 Å². The van der Waals surface area contributed by atoms with Gasteiger partial charge in [-0.3, -0.25) is 0 Å². The third-order valence-corrected chi connectivity index (χ3v) is 3.27. The van der Waals surface area contributed by atoms with E-state index in [2.05, 4.69) is 20.8 Å². The number of rotatable bonds is 1. The zero-order valence-corrected chi connectivity index (χ0v) is 8.80. The molecule has 0 spiro atoms. The van der Waals surface area contributed by atoms with E-state index in [4.69, 9.17) is 0 Å². The Morgan fingerprint density at radius 2 is 2.29 bits per heavy atom. The SMILES string of the molecule is Cc1csc(C2Nc3cc(C)nn32)n1. The van der Waals surface area contributed by atoms with E-state index >= 15 is 0 Å². The minimum Gasteiger partial charge on any atom is -0.343 e. The largest absolute Gasteiger partial charge is 0.343 e. The van der Waals surface area contributed by atoms with Crippen molar-refractivity contribution in [2.45, 2.75) is 20.0 Å². The summed E-state index contributed by atoms with van der Waals surface area (Å²) >= 11 is 1.67.